The molecule has 0 bridgehead atoms. The number of anilines is 1. The van der Waals surface area contributed by atoms with Crippen LogP contribution in [0.5, 0.6) is 0 Å². The first-order valence-corrected chi connectivity index (χ1v) is 8.76. The van der Waals surface area contributed by atoms with Crippen molar-refractivity contribution >= 4 is 38.6 Å². The Morgan fingerprint density at radius 3 is 2.92 bits per heavy atom. The van der Waals surface area contributed by atoms with Crippen LogP contribution in [0.1, 0.15) is 28.4 Å². The van der Waals surface area contributed by atoms with Gasteiger partial charge in [0.15, 0.2) is 10.7 Å². The number of ether oxygens (including phenoxy) is 1. The number of cyclic esters (lactones) is 1. The number of thiazole rings is 1. The fourth-order valence-electron chi connectivity index (χ4n) is 2.97. The summed E-state index contributed by atoms with van der Waals surface area (Å²) in [5, 5.41) is 3.31. The minimum Gasteiger partial charge on any atom is -0.445 e. The summed E-state index contributed by atoms with van der Waals surface area (Å²) >= 11 is 1.41. The third-order valence-corrected chi connectivity index (χ3v) is 5.26. The van der Waals surface area contributed by atoms with Crippen LogP contribution < -0.4 is 5.32 Å². The third kappa shape index (κ3) is 2.78. The van der Waals surface area contributed by atoms with Gasteiger partial charge in [-0.1, -0.05) is 35.6 Å². The summed E-state index contributed by atoms with van der Waals surface area (Å²) in [4.78, 5) is 29.4. The monoisotopic (exact) mass is 352 g/mol. The number of esters is 1. The molecule has 1 atom stereocenters. The van der Waals surface area contributed by atoms with Crippen molar-refractivity contribution < 1.29 is 14.3 Å². The summed E-state index contributed by atoms with van der Waals surface area (Å²) in [5.41, 5.74) is 2.06. The normalized spacial score (nSPS) is 19.4. The standard InChI is InChI=1S/C19H16N2O3S/c1-11-7-8-14-15(9-11)25-18(20-14)21-17(23)19(2)10-12-5-3-4-6-13(12)16(22)24-19/h3-9H,10H2,1-2H3,(H,20,21,23). The van der Waals surface area contributed by atoms with Crippen LogP contribution in [-0.2, 0) is 16.0 Å². The van der Waals surface area contributed by atoms with Crippen molar-refractivity contribution in [1.82, 2.24) is 4.98 Å². The number of nitrogens with zero attached hydrogens (tertiary/aromatic N) is 1. The molecule has 0 fully saturated rings. The number of aromatic nitrogens is 1. The Hall–Kier alpha value is -2.73. The Kier molecular flexibility index (Phi) is 3.58. The number of benzene rings is 2. The van der Waals surface area contributed by atoms with Gasteiger partial charge in [-0.3, -0.25) is 10.1 Å². The summed E-state index contributed by atoms with van der Waals surface area (Å²) in [6.07, 6.45) is 0.338. The van der Waals surface area contributed by atoms with Gasteiger partial charge >= 0.3 is 5.97 Å². The van der Waals surface area contributed by atoms with E-state index in [1.807, 2.05) is 37.3 Å². The molecule has 0 saturated carbocycles. The van der Waals surface area contributed by atoms with Crippen molar-refractivity contribution in [2.45, 2.75) is 25.9 Å². The Labute approximate surface area is 148 Å². The minimum atomic E-state index is -1.25. The van der Waals surface area contributed by atoms with Crippen LogP contribution >= 0.6 is 11.3 Å². The van der Waals surface area contributed by atoms with Gasteiger partial charge < -0.3 is 4.74 Å². The lowest BCUT2D eigenvalue weighted by Gasteiger charge is -2.32. The van der Waals surface area contributed by atoms with Crippen molar-refractivity contribution in [3.8, 4) is 0 Å². The molecule has 1 unspecified atom stereocenters. The lowest BCUT2D eigenvalue weighted by molar-refractivity contribution is -0.134. The third-order valence-electron chi connectivity index (χ3n) is 4.33. The molecule has 5 nitrogen and oxygen atoms in total. The molecule has 4 rings (SSSR count). The Balaban J connectivity index is 1.60. The van der Waals surface area contributed by atoms with Gasteiger partial charge in [0.1, 0.15) is 0 Å². The van der Waals surface area contributed by atoms with E-state index in [2.05, 4.69) is 10.3 Å². The zero-order valence-electron chi connectivity index (χ0n) is 13.8. The molecule has 2 heterocycles. The number of hydrogen-bond acceptors (Lipinski definition) is 5. The quantitative estimate of drug-likeness (QED) is 0.714. The molecule has 0 radical (unpaired) electrons. The molecule has 6 heteroatoms. The average Bonchev–Trinajstić information content (AvgIpc) is 2.96. The smallest absolute Gasteiger partial charge is 0.339 e. The molecule has 0 saturated heterocycles. The van der Waals surface area contributed by atoms with Crippen LogP contribution in [0.3, 0.4) is 0 Å². The number of hydrogen-bond donors (Lipinski definition) is 1. The summed E-state index contributed by atoms with van der Waals surface area (Å²) in [6.45, 7) is 3.64. The SMILES string of the molecule is Cc1ccc2nc(NC(=O)C3(C)Cc4ccccc4C(=O)O3)sc2c1. The molecule has 1 aromatic heterocycles. The molecule has 25 heavy (non-hydrogen) atoms. The second-order valence-electron chi connectivity index (χ2n) is 6.40. The van der Waals surface area contributed by atoms with E-state index in [4.69, 9.17) is 4.74 Å². The number of amides is 1. The number of aryl methyl sites for hydroxylation is 1. The van der Waals surface area contributed by atoms with Crippen molar-refractivity contribution in [3.63, 3.8) is 0 Å². The van der Waals surface area contributed by atoms with Crippen LogP contribution in [0.4, 0.5) is 5.13 Å². The van der Waals surface area contributed by atoms with E-state index in [1.165, 1.54) is 11.3 Å². The highest BCUT2D eigenvalue weighted by Gasteiger charge is 2.42. The Morgan fingerprint density at radius 2 is 2.08 bits per heavy atom. The van der Waals surface area contributed by atoms with E-state index in [0.717, 1.165) is 21.3 Å². The number of carbonyl (C=O) groups excluding carboxylic acids is 2. The lowest BCUT2D eigenvalue weighted by atomic mass is 9.89. The van der Waals surface area contributed by atoms with Crippen molar-refractivity contribution in [1.29, 1.82) is 0 Å². The van der Waals surface area contributed by atoms with E-state index < -0.39 is 11.6 Å². The fourth-order valence-corrected chi connectivity index (χ4v) is 3.93. The topological polar surface area (TPSA) is 68.3 Å². The second-order valence-corrected chi connectivity index (χ2v) is 7.43. The first-order valence-electron chi connectivity index (χ1n) is 7.94. The maximum Gasteiger partial charge on any atom is 0.339 e. The summed E-state index contributed by atoms with van der Waals surface area (Å²) in [5.74, 6) is -0.842. The molecular weight excluding hydrogens is 336 g/mol. The van der Waals surface area contributed by atoms with Crippen LogP contribution in [0.15, 0.2) is 42.5 Å². The molecule has 1 amide bonds. The van der Waals surface area contributed by atoms with Gasteiger partial charge in [-0.25, -0.2) is 9.78 Å². The zero-order valence-corrected chi connectivity index (χ0v) is 14.6. The molecule has 0 spiro atoms. The Morgan fingerprint density at radius 1 is 1.28 bits per heavy atom. The highest BCUT2D eigenvalue weighted by atomic mass is 32.1. The maximum atomic E-state index is 12.8. The summed E-state index contributed by atoms with van der Waals surface area (Å²) in [7, 11) is 0. The second kappa shape index (κ2) is 5.67. The van der Waals surface area contributed by atoms with Crippen molar-refractivity contribution in [2.24, 2.45) is 0 Å². The first-order chi connectivity index (χ1) is 11.9. The largest absolute Gasteiger partial charge is 0.445 e. The highest BCUT2D eigenvalue weighted by Crippen LogP contribution is 2.31. The van der Waals surface area contributed by atoms with E-state index in [9.17, 15) is 9.59 Å². The van der Waals surface area contributed by atoms with Crippen molar-refractivity contribution in [3.05, 3.63) is 59.2 Å². The number of nitrogens with one attached hydrogen (secondary N) is 1. The molecule has 3 aromatic rings. The van der Waals surface area contributed by atoms with Gasteiger partial charge in [-0.05, 0) is 43.2 Å². The maximum absolute atomic E-state index is 12.8. The molecule has 1 aliphatic rings. The summed E-state index contributed by atoms with van der Waals surface area (Å²) < 4.78 is 6.46. The lowest BCUT2D eigenvalue weighted by Crippen LogP contribution is -2.48. The molecular formula is C19H16N2O3S. The predicted octanol–water partition coefficient (Wildman–Crippen LogP) is 3.72. The van der Waals surface area contributed by atoms with Crippen LogP contribution in [-0.4, -0.2) is 22.5 Å². The molecule has 1 N–H and O–H groups in total. The van der Waals surface area contributed by atoms with Crippen LogP contribution in [0.2, 0.25) is 0 Å². The van der Waals surface area contributed by atoms with Gasteiger partial charge in [0.2, 0.25) is 0 Å². The zero-order chi connectivity index (χ0) is 17.6. The van der Waals surface area contributed by atoms with Crippen LogP contribution in [0, 0.1) is 6.92 Å². The first kappa shape index (κ1) is 15.8. The van der Waals surface area contributed by atoms with Gasteiger partial charge in [-0.15, -0.1) is 0 Å². The number of carbonyl (C=O) groups is 2. The molecule has 2 aromatic carbocycles. The molecule has 1 aliphatic heterocycles. The van der Waals surface area contributed by atoms with E-state index >= 15 is 0 Å². The van der Waals surface area contributed by atoms with Gasteiger partial charge in [0, 0.05) is 6.42 Å². The average molecular weight is 352 g/mol. The molecule has 0 aliphatic carbocycles. The van der Waals surface area contributed by atoms with Crippen molar-refractivity contribution in [2.75, 3.05) is 5.32 Å². The van der Waals surface area contributed by atoms with E-state index in [-0.39, 0.29) is 5.91 Å². The highest BCUT2D eigenvalue weighted by molar-refractivity contribution is 7.22. The predicted molar refractivity (Wildman–Crippen MR) is 97.0 cm³/mol. The fraction of sp³-hybridized carbons (Fsp3) is 0.211. The summed E-state index contributed by atoms with van der Waals surface area (Å²) in [6, 6.07) is 13.1. The van der Waals surface area contributed by atoms with Gasteiger partial charge in [-0.2, -0.15) is 0 Å². The minimum absolute atomic E-state index is 0.338. The number of rotatable bonds is 2. The van der Waals surface area contributed by atoms with Gasteiger partial charge in [0.25, 0.3) is 5.91 Å². The Bertz CT molecular complexity index is 1010. The van der Waals surface area contributed by atoms with E-state index in [1.54, 1.807) is 19.1 Å². The molecule has 126 valence electrons. The number of fused-ring (bicyclic) bond motifs is 2. The van der Waals surface area contributed by atoms with Gasteiger partial charge in [0.05, 0.1) is 15.8 Å². The van der Waals surface area contributed by atoms with E-state index in [0.29, 0.717) is 17.1 Å². The van der Waals surface area contributed by atoms with Crippen LogP contribution in [0.25, 0.3) is 10.2 Å².